The van der Waals surface area contributed by atoms with Crippen molar-refractivity contribution in [2.75, 3.05) is 0 Å². The molecule has 66 valence electrons. The topological polar surface area (TPSA) is 30.0 Å². The number of rotatable bonds is 4. The Hall–Kier alpha value is -0.700. The molecule has 0 amide bonds. The van der Waals surface area contributed by atoms with E-state index in [1.807, 2.05) is 5.38 Å². The van der Waals surface area contributed by atoms with Crippen LogP contribution in [0.3, 0.4) is 0 Å². The fourth-order valence-electron chi connectivity index (χ4n) is 0.909. The molecule has 0 radical (unpaired) electrons. The van der Waals surface area contributed by atoms with Crippen LogP contribution in [0, 0.1) is 0 Å². The minimum atomic E-state index is 0.500. The highest BCUT2D eigenvalue weighted by molar-refractivity contribution is 7.09. The average molecular weight is 183 g/mol. The van der Waals surface area contributed by atoms with Crippen molar-refractivity contribution >= 4 is 17.6 Å². The predicted molar refractivity (Wildman–Crippen MR) is 50.6 cm³/mol. The summed E-state index contributed by atoms with van der Waals surface area (Å²) >= 11 is 1.68. The molecule has 0 saturated heterocycles. The molecule has 0 unspecified atom stereocenters. The first-order valence-corrected chi connectivity index (χ1v) is 5.00. The number of aldehydes is 1. The van der Waals surface area contributed by atoms with Gasteiger partial charge in [0.2, 0.25) is 0 Å². The standard InChI is InChI=1S/C9H13NOS/c1-7(2)9-10-8(6-12-9)4-3-5-11/h5-7H,3-4H2,1-2H3. The van der Waals surface area contributed by atoms with E-state index in [1.54, 1.807) is 11.3 Å². The minimum Gasteiger partial charge on any atom is -0.303 e. The second-order valence-electron chi connectivity index (χ2n) is 3.04. The number of thiazole rings is 1. The lowest BCUT2D eigenvalue weighted by Gasteiger charge is -1.95. The van der Waals surface area contributed by atoms with Crippen LogP contribution in [0.4, 0.5) is 0 Å². The normalized spacial score (nSPS) is 10.6. The third-order valence-electron chi connectivity index (χ3n) is 1.58. The van der Waals surface area contributed by atoms with Crippen molar-refractivity contribution in [3.63, 3.8) is 0 Å². The fourth-order valence-corrected chi connectivity index (χ4v) is 1.78. The largest absolute Gasteiger partial charge is 0.303 e. The zero-order chi connectivity index (χ0) is 8.97. The van der Waals surface area contributed by atoms with E-state index in [-0.39, 0.29) is 0 Å². The van der Waals surface area contributed by atoms with Gasteiger partial charge in [-0.2, -0.15) is 0 Å². The van der Waals surface area contributed by atoms with Crippen LogP contribution >= 0.6 is 11.3 Å². The zero-order valence-corrected chi connectivity index (χ0v) is 8.23. The highest BCUT2D eigenvalue weighted by Gasteiger charge is 2.04. The monoisotopic (exact) mass is 183 g/mol. The molecule has 0 aliphatic carbocycles. The molecule has 1 aromatic rings. The molecule has 0 aliphatic rings. The summed E-state index contributed by atoms with van der Waals surface area (Å²) in [5, 5.41) is 3.20. The zero-order valence-electron chi connectivity index (χ0n) is 7.41. The molecule has 0 fully saturated rings. The number of carbonyl (C=O) groups is 1. The van der Waals surface area contributed by atoms with E-state index in [9.17, 15) is 4.79 Å². The van der Waals surface area contributed by atoms with Crippen molar-refractivity contribution in [3.8, 4) is 0 Å². The lowest BCUT2D eigenvalue weighted by molar-refractivity contribution is -0.107. The summed E-state index contributed by atoms with van der Waals surface area (Å²) in [6.45, 7) is 4.25. The van der Waals surface area contributed by atoms with Crippen molar-refractivity contribution in [3.05, 3.63) is 16.1 Å². The van der Waals surface area contributed by atoms with E-state index in [0.29, 0.717) is 12.3 Å². The van der Waals surface area contributed by atoms with Crippen LogP contribution in [-0.2, 0) is 11.2 Å². The number of aromatic nitrogens is 1. The van der Waals surface area contributed by atoms with Crippen LogP contribution in [0.5, 0.6) is 0 Å². The molecule has 0 saturated carbocycles. The maximum atomic E-state index is 10.1. The number of hydrogen-bond acceptors (Lipinski definition) is 3. The molecule has 2 nitrogen and oxygen atoms in total. The summed E-state index contributed by atoms with van der Waals surface area (Å²) < 4.78 is 0. The Morgan fingerprint density at radius 2 is 2.42 bits per heavy atom. The van der Waals surface area contributed by atoms with Crippen LogP contribution in [0.1, 0.15) is 36.9 Å². The number of hydrogen-bond donors (Lipinski definition) is 0. The predicted octanol–water partition coefficient (Wildman–Crippen LogP) is 2.40. The molecule has 1 rings (SSSR count). The molecule has 12 heavy (non-hydrogen) atoms. The Bertz CT molecular complexity index is 255. The fraction of sp³-hybridized carbons (Fsp3) is 0.556. The minimum absolute atomic E-state index is 0.500. The van der Waals surface area contributed by atoms with Crippen LogP contribution in [-0.4, -0.2) is 11.3 Å². The van der Waals surface area contributed by atoms with E-state index in [1.165, 1.54) is 0 Å². The maximum absolute atomic E-state index is 10.1. The smallest absolute Gasteiger partial charge is 0.120 e. The number of aryl methyl sites for hydroxylation is 1. The molecule has 0 spiro atoms. The SMILES string of the molecule is CC(C)c1nc(CCC=O)cs1. The quantitative estimate of drug-likeness (QED) is 0.671. The van der Waals surface area contributed by atoms with Crippen molar-refractivity contribution in [1.82, 2.24) is 4.98 Å². The van der Waals surface area contributed by atoms with Gasteiger partial charge in [0.25, 0.3) is 0 Å². The first-order valence-electron chi connectivity index (χ1n) is 4.12. The van der Waals surface area contributed by atoms with E-state index in [0.717, 1.165) is 23.4 Å². The summed E-state index contributed by atoms with van der Waals surface area (Å²) in [5.41, 5.74) is 1.05. The molecule has 3 heteroatoms. The number of nitrogens with zero attached hydrogens (tertiary/aromatic N) is 1. The molecular formula is C9H13NOS. The average Bonchev–Trinajstić information content (AvgIpc) is 2.48. The lowest BCUT2D eigenvalue weighted by atomic mass is 10.2. The van der Waals surface area contributed by atoms with Gasteiger partial charge in [0, 0.05) is 17.7 Å². The molecular weight excluding hydrogens is 170 g/mol. The van der Waals surface area contributed by atoms with Gasteiger partial charge in [-0.25, -0.2) is 4.98 Å². The van der Waals surface area contributed by atoms with Crippen molar-refractivity contribution in [2.45, 2.75) is 32.6 Å². The van der Waals surface area contributed by atoms with Gasteiger partial charge in [0.1, 0.15) is 6.29 Å². The Kier molecular flexibility index (Phi) is 3.41. The molecule has 1 heterocycles. The first kappa shape index (κ1) is 9.39. The Labute approximate surface area is 76.6 Å². The summed E-state index contributed by atoms with van der Waals surface area (Å²) in [7, 11) is 0. The third kappa shape index (κ3) is 2.41. The van der Waals surface area contributed by atoms with E-state index >= 15 is 0 Å². The van der Waals surface area contributed by atoms with Crippen molar-refractivity contribution in [2.24, 2.45) is 0 Å². The summed E-state index contributed by atoms with van der Waals surface area (Å²) in [6.07, 6.45) is 2.31. The maximum Gasteiger partial charge on any atom is 0.120 e. The van der Waals surface area contributed by atoms with Crippen molar-refractivity contribution in [1.29, 1.82) is 0 Å². The molecule has 1 aromatic heterocycles. The van der Waals surface area contributed by atoms with Gasteiger partial charge in [-0.3, -0.25) is 0 Å². The lowest BCUT2D eigenvalue weighted by Crippen LogP contribution is -1.89. The van der Waals surface area contributed by atoms with Gasteiger partial charge in [-0.05, 0) is 6.42 Å². The van der Waals surface area contributed by atoms with Crippen LogP contribution in [0.25, 0.3) is 0 Å². The van der Waals surface area contributed by atoms with Gasteiger partial charge < -0.3 is 4.79 Å². The first-order chi connectivity index (χ1) is 5.74. The van der Waals surface area contributed by atoms with E-state index in [2.05, 4.69) is 18.8 Å². The second-order valence-corrected chi connectivity index (χ2v) is 3.93. The summed E-state index contributed by atoms with van der Waals surface area (Å²) in [6, 6.07) is 0. The molecule has 0 aliphatic heterocycles. The molecule has 0 bridgehead atoms. The van der Waals surface area contributed by atoms with Gasteiger partial charge in [-0.15, -0.1) is 11.3 Å². The van der Waals surface area contributed by atoms with Gasteiger partial charge in [0.05, 0.1) is 10.7 Å². The van der Waals surface area contributed by atoms with Gasteiger partial charge in [0.15, 0.2) is 0 Å². The highest BCUT2D eigenvalue weighted by atomic mass is 32.1. The van der Waals surface area contributed by atoms with Crippen LogP contribution in [0.15, 0.2) is 5.38 Å². The van der Waals surface area contributed by atoms with E-state index in [4.69, 9.17) is 0 Å². The molecule has 0 aromatic carbocycles. The van der Waals surface area contributed by atoms with Crippen molar-refractivity contribution < 1.29 is 4.79 Å². The van der Waals surface area contributed by atoms with Gasteiger partial charge >= 0.3 is 0 Å². The number of carbonyl (C=O) groups excluding carboxylic acids is 1. The second kappa shape index (κ2) is 4.36. The Morgan fingerprint density at radius 1 is 1.67 bits per heavy atom. The van der Waals surface area contributed by atoms with E-state index < -0.39 is 0 Å². The molecule has 0 atom stereocenters. The summed E-state index contributed by atoms with van der Waals surface area (Å²) in [4.78, 5) is 14.5. The highest BCUT2D eigenvalue weighted by Crippen LogP contribution is 2.19. The summed E-state index contributed by atoms with van der Waals surface area (Å²) in [5.74, 6) is 0.500. The van der Waals surface area contributed by atoms with Crippen LogP contribution in [0.2, 0.25) is 0 Å². The Balaban J connectivity index is 2.58. The van der Waals surface area contributed by atoms with Gasteiger partial charge in [-0.1, -0.05) is 13.8 Å². The van der Waals surface area contributed by atoms with Crippen LogP contribution < -0.4 is 0 Å². The Morgan fingerprint density at radius 3 is 2.92 bits per heavy atom. The third-order valence-corrected chi connectivity index (χ3v) is 2.78. The molecule has 0 N–H and O–H groups in total.